The lowest BCUT2D eigenvalue weighted by Gasteiger charge is -2.27. The number of carbonyl (C=O) groups excluding carboxylic acids is 1. The number of hydrogen-bond donors (Lipinski definition) is 1. The molecule has 0 saturated carbocycles. The van der Waals surface area contributed by atoms with Gasteiger partial charge in [0.1, 0.15) is 5.82 Å². The number of piperidine rings is 1. The summed E-state index contributed by atoms with van der Waals surface area (Å²) in [5, 5.41) is 3.04. The van der Waals surface area contributed by atoms with Crippen LogP contribution in [0, 0.1) is 0 Å². The highest BCUT2D eigenvalue weighted by atomic mass is 16.2. The van der Waals surface area contributed by atoms with Gasteiger partial charge in [0.25, 0.3) is 5.91 Å². The van der Waals surface area contributed by atoms with E-state index in [1.807, 2.05) is 24.1 Å². The lowest BCUT2D eigenvalue weighted by molar-refractivity contribution is 0.0724. The van der Waals surface area contributed by atoms with Crippen LogP contribution in [0.5, 0.6) is 0 Å². The smallest absolute Gasteiger partial charge is 0.254 e. The third kappa shape index (κ3) is 3.46. The number of hydrogen-bond acceptors (Lipinski definition) is 3. The number of aromatic nitrogens is 1. The molecule has 1 aromatic rings. The van der Waals surface area contributed by atoms with E-state index >= 15 is 0 Å². The van der Waals surface area contributed by atoms with Crippen LogP contribution < -0.4 is 5.32 Å². The van der Waals surface area contributed by atoms with Crippen LogP contribution in [0.25, 0.3) is 0 Å². The van der Waals surface area contributed by atoms with E-state index in [2.05, 4.69) is 17.2 Å². The van der Waals surface area contributed by atoms with Gasteiger partial charge in [0.2, 0.25) is 0 Å². The first kappa shape index (κ1) is 13.8. The Kier molecular flexibility index (Phi) is 4.77. The van der Waals surface area contributed by atoms with Gasteiger partial charge in [0.15, 0.2) is 0 Å². The molecule has 0 unspecified atom stereocenters. The first-order valence-corrected chi connectivity index (χ1v) is 7.22. The zero-order valence-electron chi connectivity index (χ0n) is 11.9. The maximum absolute atomic E-state index is 12.5. The predicted molar refractivity (Wildman–Crippen MR) is 77.5 cm³/mol. The number of likely N-dealkylation sites (tertiary alicyclic amines) is 1. The lowest BCUT2D eigenvalue weighted by atomic mass is 10.1. The van der Waals surface area contributed by atoms with Crippen molar-refractivity contribution in [1.29, 1.82) is 0 Å². The lowest BCUT2D eigenvalue weighted by Crippen LogP contribution is -2.35. The summed E-state index contributed by atoms with van der Waals surface area (Å²) < 4.78 is 0. The number of anilines is 1. The Balaban J connectivity index is 2.21. The topological polar surface area (TPSA) is 45.2 Å². The fourth-order valence-corrected chi connectivity index (χ4v) is 2.50. The highest BCUT2D eigenvalue weighted by Gasteiger charge is 2.19. The molecule has 1 saturated heterocycles. The number of nitrogens with one attached hydrogen (secondary N) is 1. The normalized spacial score (nSPS) is 15.4. The van der Waals surface area contributed by atoms with Crippen LogP contribution in [0.3, 0.4) is 0 Å². The van der Waals surface area contributed by atoms with Crippen molar-refractivity contribution in [3.63, 3.8) is 0 Å². The number of nitrogens with zero attached hydrogens (tertiary/aromatic N) is 2. The Morgan fingerprint density at radius 2 is 2.05 bits per heavy atom. The Hall–Kier alpha value is -1.58. The minimum absolute atomic E-state index is 0.149. The summed E-state index contributed by atoms with van der Waals surface area (Å²) in [4.78, 5) is 18.9. The maximum Gasteiger partial charge on any atom is 0.254 e. The summed E-state index contributed by atoms with van der Waals surface area (Å²) in [6.07, 6.45) is 5.44. The van der Waals surface area contributed by atoms with Crippen molar-refractivity contribution in [2.75, 3.05) is 25.5 Å². The molecular weight excluding hydrogens is 238 g/mol. The molecule has 1 aliphatic rings. The standard InChI is InChI=1S/C15H23N3O/c1-3-7-13-10-12(11-14(16-2)17-13)15(19)18-8-5-4-6-9-18/h10-11H,3-9H2,1-2H3,(H,16,17). The van der Waals surface area contributed by atoms with Gasteiger partial charge in [0.05, 0.1) is 0 Å². The first-order valence-electron chi connectivity index (χ1n) is 7.22. The quantitative estimate of drug-likeness (QED) is 0.906. The van der Waals surface area contributed by atoms with Crippen LogP contribution in [-0.2, 0) is 6.42 Å². The molecular formula is C15H23N3O. The van der Waals surface area contributed by atoms with Crippen LogP contribution in [0.1, 0.15) is 48.7 Å². The van der Waals surface area contributed by atoms with Crippen molar-refractivity contribution < 1.29 is 4.79 Å². The summed E-state index contributed by atoms with van der Waals surface area (Å²) in [6, 6.07) is 3.80. The highest BCUT2D eigenvalue weighted by Crippen LogP contribution is 2.17. The van der Waals surface area contributed by atoms with E-state index in [-0.39, 0.29) is 5.91 Å². The third-order valence-corrected chi connectivity index (χ3v) is 3.53. The Morgan fingerprint density at radius 3 is 2.68 bits per heavy atom. The molecule has 0 aromatic carbocycles. The molecule has 1 amide bonds. The largest absolute Gasteiger partial charge is 0.373 e. The van der Waals surface area contributed by atoms with Gasteiger partial charge in [-0.05, 0) is 37.8 Å². The van der Waals surface area contributed by atoms with E-state index in [0.717, 1.165) is 55.8 Å². The molecule has 2 heterocycles. The van der Waals surface area contributed by atoms with E-state index in [9.17, 15) is 4.79 Å². The van der Waals surface area contributed by atoms with Gasteiger partial charge in [-0.15, -0.1) is 0 Å². The molecule has 4 heteroatoms. The van der Waals surface area contributed by atoms with Crippen molar-refractivity contribution in [2.45, 2.75) is 39.0 Å². The minimum Gasteiger partial charge on any atom is -0.373 e. The van der Waals surface area contributed by atoms with Crippen LogP contribution in [0.15, 0.2) is 12.1 Å². The van der Waals surface area contributed by atoms with Crippen LogP contribution in [0.4, 0.5) is 5.82 Å². The average Bonchev–Trinajstić information content (AvgIpc) is 2.47. The number of rotatable bonds is 4. The van der Waals surface area contributed by atoms with Crippen molar-refractivity contribution in [3.8, 4) is 0 Å². The molecule has 0 spiro atoms. The molecule has 2 rings (SSSR count). The van der Waals surface area contributed by atoms with E-state index in [0.29, 0.717) is 0 Å². The molecule has 104 valence electrons. The van der Waals surface area contributed by atoms with Crippen LogP contribution >= 0.6 is 0 Å². The fourth-order valence-electron chi connectivity index (χ4n) is 2.50. The average molecular weight is 261 g/mol. The van der Waals surface area contributed by atoms with Crippen LogP contribution in [0.2, 0.25) is 0 Å². The van der Waals surface area contributed by atoms with Gasteiger partial charge in [-0.1, -0.05) is 13.3 Å². The van der Waals surface area contributed by atoms with Crippen LogP contribution in [-0.4, -0.2) is 35.9 Å². The summed E-state index contributed by atoms with van der Waals surface area (Å²) in [7, 11) is 1.84. The van der Waals surface area contributed by atoms with Crippen molar-refractivity contribution in [2.24, 2.45) is 0 Å². The number of pyridine rings is 1. The molecule has 19 heavy (non-hydrogen) atoms. The van der Waals surface area contributed by atoms with Gasteiger partial charge >= 0.3 is 0 Å². The summed E-state index contributed by atoms with van der Waals surface area (Å²) >= 11 is 0. The Morgan fingerprint density at radius 1 is 1.32 bits per heavy atom. The van der Waals surface area contributed by atoms with Gasteiger partial charge in [0, 0.05) is 31.4 Å². The molecule has 1 N–H and O–H groups in total. The second-order valence-electron chi connectivity index (χ2n) is 5.09. The SMILES string of the molecule is CCCc1cc(C(=O)N2CCCCC2)cc(NC)n1. The van der Waals surface area contributed by atoms with E-state index in [1.54, 1.807) is 0 Å². The van der Waals surface area contributed by atoms with Crippen molar-refractivity contribution >= 4 is 11.7 Å². The molecule has 4 nitrogen and oxygen atoms in total. The highest BCUT2D eigenvalue weighted by molar-refractivity contribution is 5.95. The second kappa shape index (κ2) is 6.55. The molecule has 0 aliphatic carbocycles. The third-order valence-electron chi connectivity index (χ3n) is 3.53. The zero-order valence-corrected chi connectivity index (χ0v) is 11.9. The maximum atomic E-state index is 12.5. The molecule has 1 aliphatic heterocycles. The van der Waals surface area contributed by atoms with Gasteiger partial charge in [-0.3, -0.25) is 4.79 Å². The monoisotopic (exact) mass is 261 g/mol. The second-order valence-corrected chi connectivity index (χ2v) is 5.09. The van der Waals surface area contributed by atoms with E-state index < -0.39 is 0 Å². The predicted octanol–water partition coefficient (Wildman–Crippen LogP) is 2.70. The van der Waals surface area contributed by atoms with E-state index in [4.69, 9.17) is 0 Å². The first-order chi connectivity index (χ1) is 9.24. The molecule has 0 bridgehead atoms. The van der Waals surface area contributed by atoms with Crippen molar-refractivity contribution in [3.05, 3.63) is 23.4 Å². The number of carbonyl (C=O) groups is 1. The summed E-state index contributed by atoms with van der Waals surface area (Å²) in [5.74, 6) is 0.933. The zero-order chi connectivity index (χ0) is 13.7. The summed E-state index contributed by atoms with van der Waals surface area (Å²) in [6.45, 7) is 3.90. The summed E-state index contributed by atoms with van der Waals surface area (Å²) in [5.41, 5.74) is 1.76. The Bertz CT molecular complexity index is 439. The van der Waals surface area contributed by atoms with Gasteiger partial charge < -0.3 is 10.2 Å². The molecule has 1 aromatic heterocycles. The number of amides is 1. The van der Waals surface area contributed by atoms with Gasteiger partial charge in [-0.25, -0.2) is 4.98 Å². The van der Waals surface area contributed by atoms with E-state index in [1.165, 1.54) is 6.42 Å². The molecule has 0 radical (unpaired) electrons. The van der Waals surface area contributed by atoms with Crippen molar-refractivity contribution in [1.82, 2.24) is 9.88 Å². The molecule has 1 fully saturated rings. The minimum atomic E-state index is 0.149. The molecule has 0 atom stereocenters. The fraction of sp³-hybridized carbons (Fsp3) is 0.600. The van der Waals surface area contributed by atoms with Gasteiger partial charge in [-0.2, -0.15) is 0 Å². The number of aryl methyl sites for hydroxylation is 1. The Labute approximate surface area is 115 Å².